The predicted molar refractivity (Wildman–Crippen MR) is 111 cm³/mol. The van der Waals surface area contributed by atoms with Crippen molar-refractivity contribution in [2.24, 2.45) is 0 Å². The number of aromatic nitrogens is 1. The Hall–Kier alpha value is -3.02. The van der Waals surface area contributed by atoms with Crippen molar-refractivity contribution in [3.8, 4) is 17.2 Å². The Morgan fingerprint density at radius 3 is 2.86 bits per heavy atom. The van der Waals surface area contributed by atoms with Gasteiger partial charge in [-0.3, -0.25) is 4.98 Å². The Balaban J connectivity index is 1.71. The van der Waals surface area contributed by atoms with E-state index in [1.54, 1.807) is 12.3 Å². The highest BCUT2D eigenvalue weighted by Gasteiger charge is 2.26. The van der Waals surface area contributed by atoms with Crippen LogP contribution >= 0.6 is 0 Å². The van der Waals surface area contributed by atoms with E-state index in [0.29, 0.717) is 36.5 Å². The Morgan fingerprint density at radius 1 is 1.34 bits per heavy atom. The Bertz CT molecular complexity index is 905. The molecule has 6 heteroatoms. The van der Waals surface area contributed by atoms with Gasteiger partial charge in [0.05, 0.1) is 13.7 Å². The number of benzene rings is 1. The topological polar surface area (TPSA) is 88.9 Å². The first-order valence-electron chi connectivity index (χ1n) is 9.90. The van der Waals surface area contributed by atoms with Crippen LogP contribution in [-0.2, 0) is 17.6 Å². The van der Waals surface area contributed by atoms with Crippen LogP contribution in [0.1, 0.15) is 47.9 Å². The minimum atomic E-state index is -0.976. The van der Waals surface area contributed by atoms with E-state index >= 15 is 0 Å². The van der Waals surface area contributed by atoms with E-state index in [1.807, 2.05) is 25.3 Å². The second-order valence-electron chi connectivity index (χ2n) is 7.22. The van der Waals surface area contributed by atoms with E-state index in [4.69, 9.17) is 9.47 Å². The van der Waals surface area contributed by atoms with Gasteiger partial charge < -0.3 is 19.7 Å². The molecule has 0 atom stereocenters. The third-order valence-electron chi connectivity index (χ3n) is 5.29. The lowest BCUT2D eigenvalue weighted by Gasteiger charge is -2.15. The molecular weight excluding hydrogens is 370 g/mol. The van der Waals surface area contributed by atoms with Crippen molar-refractivity contribution < 1.29 is 24.5 Å². The summed E-state index contributed by atoms with van der Waals surface area (Å²) in [4.78, 5) is 15.9. The highest BCUT2D eigenvalue weighted by atomic mass is 16.5. The van der Waals surface area contributed by atoms with Gasteiger partial charge in [-0.25, -0.2) is 4.79 Å². The van der Waals surface area contributed by atoms with Gasteiger partial charge in [-0.2, -0.15) is 0 Å². The van der Waals surface area contributed by atoms with Crippen LogP contribution < -0.4 is 9.47 Å². The third kappa shape index (κ3) is 4.70. The number of aliphatic carboxylic acids is 1. The van der Waals surface area contributed by atoms with Gasteiger partial charge in [0.1, 0.15) is 5.75 Å². The van der Waals surface area contributed by atoms with Gasteiger partial charge in [0.2, 0.25) is 0 Å². The summed E-state index contributed by atoms with van der Waals surface area (Å²) in [5, 5.41) is 20.3. The van der Waals surface area contributed by atoms with Gasteiger partial charge in [0.15, 0.2) is 11.5 Å². The second-order valence-corrected chi connectivity index (χ2v) is 7.22. The highest BCUT2D eigenvalue weighted by Crippen LogP contribution is 2.46. The van der Waals surface area contributed by atoms with Gasteiger partial charge in [-0.05, 0) is 50.3 Å². The summed E-state index contributed by atoms with van der Waals surface area (Å²) < 4.78 is 11.1. The standard InChI is InChI=1S/C23H27NO5/c1-15-19(20(25)22(28-2)18-10-12-29-21(15)18)13-17(23(26)27)9-5-3-4-7-16-8-6-11-24-14-16/h6,8,11,13-14,25H,3-5,7,9-10,12H2,1-2H3,(H,26,27)/b17-13+. The van der Waals surface area contributed by atoms with Crippen molar-refractivity contribution in [3.05, 3.63) is 52.4 Å². The third-order valence-corrected chi connectivity index (χ3v) is 5.29. The number of phenolic OH excluding ortho intramolecular Hbond substituents is 1. The van der Waals surface area contributed by atoms with Crippen LogP contribution in [0.15, 0.2) is 30.1 Å². The van der Waals surface area contributed by atoms with Crippen molar-refractivity contribution in [2.75, 3.05) is 13.7 Å². The lowest BCUT2D eigenvalue weighted by atomic mass is 9.96. The molecule has 3 rings (SSSR count). The van der Waals surface area contributed by atoms with E-state index in [9.17, 15) is 15.0 Å². The molecule has 0 saturated heterocycles. The minimum Gasteiger partial charge on any atom is -0.504 e. The molecule has 0 amide bonds. The Labute approximate surface area is 170 Å². The number of fused-ring (bicyclic) bond motifs is 1. The summed E-state index contributed by atoms with van der Waals surface area (Å²) in [6.07, 6.45) is 9.85. The van der Waals surface area contributed by atoms with Gasteiger partial charge >= 0.3 is 5.97 Å². The molecule has 0 bridgehead atoms. The number of phenols is 1. The molecule has 0 saturated carbocycles. The first-order valence-corrected chi connectivity index (χ1v) is 9.90. The summed E-state index contributed by atoms with van der Waals surface area (Å²) in [5.74, 6) is 0.0590. The lowest BCUT2D eigenvalue weighted by molar-refractivity contribution is -0.132. The molecule has 0 radical (unpaired) electrons. The van der Waals surface area contributed by atoms with Crippen LogP contribution in [0.2, 0.25) is 0 Å². The quantitative estimate of drug-likeness (QED) is 0.484. The number of nitrogens with zero attached hydrogens (tertiary/aromatic N) is 1. The molecule has 0 fully saturated rings. The summed E-state index contributed by atoms with van der Waals surface area (Å²) >= 11 is 0. The van der Waals surface area contributed by atoms with E-state index in [0.717, 1.165) is 36.8 Å². The fourth-order valence-corrected chi connectivity index (χ4v) is 3.75. The number of pyridine rings is 1. The number of aromatic hydroxyl groups is 1. The number of carbonyl (C=O) groups is 1. The van der Waals surface area contributed by atoms with Crippen molar-refractivity contribution in [1.29, 1.82) is 0 Å². The van der Waals surface area contributed by atoms with Gasteiger partial charge in [0, 0.05) is 41.1 Å². The number of carboxylic acid groups (broad SMARTS) is 1. The molecule has 0 unspecified atom stereocenters. The number of unbranched alkanes of at least 4 members (excludes halogenated alkanes) is 2. The molecule has 0 aliphatic carbocycles. The molecule has 2 heterocycles. The molecule has 1 aromatic carbocycles. The molecule has 2 aromatic rings. The van der Waals surface area contributed by atoms with E-state index in [1.165, 1.54) is 12.7 Å². The summed E-state index contributed by atoms with van der Waals surface area (Å²) in [7, 11) is 1.50. The summed E-state index contributed by atoms with van der Waals surface area (Å²) in [6.45, 7) is 2.37. The summed E-state index contributed by atoms with van der Waals surface area (Å²) in [5.41, 5.74) is 3.49. The van der Waals surface area contributed by atoms with Crippen molar-refractivity contribution in [1.82, 2.24) is 4.98 Å². The van der Waals surface area contributed by atoms with Gasteiger partial charge in [-0.15, -0.1) is 0 Å². The van der Waals surface area contributed by atoms with E-state index in [-0.39, 0.29) is 11.3 Å². The number of methoxy groups -OCH3 is 1. The number of ether oxygens (including phenoxy) is 2. The van der Waals surface area contributed by atoms with Gasteiger partial charge in [0.25, 0.3) is 0 Å². The predicted octanol–water partition coefficient (Wildman–Crippen LogP) is 4.31. The van der Waals surface area contributed by atoms with Crippen molar-refractivity contribution in [3.63, 3.8) is 0 Å². The Kier molecular flexibility index (Phi) is 6.75. The first-order chi connectivity index (χ1) is 14.0. The van der Waals surface area contributed by atoms with Crippen LogP contribution in [0.25, 0.3) is 6.08 Å². The van der Waals surface area contributed by atoms with Crippen molar-refractivity contribution >= 4 is 12.0 Å². The number of aryl methyl sites for hydroxylation is 1. The first kappa shape index (κ1) is 20.7. The number of hydrogen-bond donors (Lipinski definition) is 2. The molecule has 154 valence electrons. The Morgan fingerprint density at radius 2 is 2.17 bits per heavy atom. The number of hydrogen-bond acceptors (Lipinski definition) is 5. The van der Waals surface area contributed by atoms with Crippen LogP contribution in [0.4, 0.5) is 0 Å². The second kappa shape index (κ2) is 9.45. The van der Waals surface area contributed by atoms with Gasteiger partial charge in [-0.1, -0.05) is 12.5 Å². The zero-order chi connectivity index (χ0) is 20.8. The molecule has 6 nitrogen and oxygen atoms in total. The molecule has 29 heavy (non-hydrogen) atoms. The van der Waals surface area contributed by atoms with Crippen LogP contribution in [0, 0.1) is 6.92 Å². The molecule has 1 aromatic heterocycles. The summed E-state index contributed by atoms with van der Waals surface area (Å²) in [6, 6.07) is 3.97. The minimum absolute atomic E-state index is 0.0235. The average molecular weight is 397 g/mol. The fraction of sp³-hybridized carbons (Fsp3) is 0.391. The maximum atomic E-state index is 11.8. The molecule has 1 aliphatic heterocycles. The maximum absolute atomic E-state index is 11.8. The molecule has 2 N–H and O–H groups in total. The van der Waals surface area contributed by atoms with Crippen molar-refractivity contribution in [2.45, 2.75) is 45.4 Å². The number of rotatable bonds is 9. The van der Waals surface area contributed by atoms with E-state index in [2.05, 4.69) is 4.98 Å². The normalized spacial score (nSPS) is 13.1. The molecule has 0 spiro atoms. The van der Waals surface area contributed by atoms with Crippen LogP contribution in [0.5, 0.6) is 17.2 Å². The smallest absolute Gasteiger partial charge is 0.331 e. The zero-order valence-corrected chi connectivity index (χ0v) is 16.9. The SMILES string of the molecule is COc1c(O)c(/C=C(\CCCCCc2cccnc2)C(=O)O)c(C)c2c1CCO2. The van der Waals surface area contributed by atoms with E-state index < -0.39 is 5.97 Å². The lowest BCUT2D eigenvalue weighted by Crippen LogP contribution is -2.02. The molecule has 1 aliphatic rings. The number of carboxylic acids is 1. The highest BCUT2D eigenvalue weighted by molar-refractivity contribution is 5.93. The average Bonchev–Trinajstić information content (AvgIpc) is 3.20. The maximum Gasteiger partial charge on any atom is 0.331 e. The molecular formula is C23H27NO5. The largest absolute Gasteiger partial charge is 0.504 e. The fourth-order valence-electron chi connectivity index (χ4n) is 3.75. The zero-order valence-electron chi connectivity index (χ0n) is 16.9. The van der Waals surface area contributed by atoms with Crippen LogP contribution in [0.3, 0.4) is 0 Å². The monoisotopic (exact) mass is 397 g/mol. The van der Waals surface area contributed by atoms with Crippen LogP contribution in [-0.4, -0.2) is 34.9 Å².